The van der Waals surface area contributed by atoms with Gasteiger partial charge in [-0.1, -0.05) is 18.2 Å². The van der Waals surface area contributed by atoms with Crippen molar-refractivity contribution in [2.45, 2.75) is 32.7 Å². The van der Waals surface area contributed by atoms with Gasteiger partial charge in [0.05, 0.1) is 25.1 Å². The number of hydrogen-bond acceptors (Lipinski definition) is 6. The molecular weight excluding hydrogens is 345 g/mol. The molecule has 0 spiro atoms. The summed E-state index contributed by atoms with van der Waals surface area (Å²) >= 11 is 0. The molecule has 1 aliphatic rings. The zero-order valence-electron chi connectivity index (χ0n) is 14.7. The summed E-state index contributed by atoms with van der Waals surface area (Å²) < 4.78 is 23.1. The molecule has 3 amide bonds. The van der Waals surface area contributed by atoms with Gasteiger partial charge in [0.1, 0.15) is 5.54 Å². The van der Waals surface area contributed by atoms with Crippen LogP contribution in [-0.2, 0) is 18.4 Å². The van der Waals surface area contributed by atoms with Crippen molar-refractivity contribution in [2.75, 3.05) is 24.8 Å². The molecule has 0 aliphatic carbocycles. The lowest BCUT2D eigenvalue weighted by molar-refractivity contribution is -0.129. The van der Waals surface area contributed by atoms with E-state index in [0.717, 1.165) is 5.01 Å². The van der Waals surface area contributed by atoms with Crippen LogP contribution in [0, 0.1) is 0 Å². The van der Waals surface area contributed by atoms with Crippen molar-refractivity contribution in [3.8, 4) is 0 Å². The van der Waals surface area contributed by atoms with Crippen LogP contribution in [0.3, 0.4) is 0 Å². The number of rotatable bonds is 9. The Labute approximate surface area is 147 Å². The standard InChI is InChI=1S/C16H24N3O5P/c1-4-23-25(22,24-5-2)12-11-16(3)14(20)19(15(21)17-16)18-13-9-7-6-8-10-13/h6-10,18H,4-5,11-12H2,1-3H3,(H,17,21). The summed E-state index contributed by atoms with van der Waals surface area (Å²) in [6, 6.07) is 8.35. The van der Waals surface area contributed by atoms with Gasteiger partial charge >= 0.3 is 13.6 Å². The van der Waals surface area contributed by atoms with Crippen LogP contribution in [0.1, 0.15) is 27.2 Å². The molecule has 1 heterocycles. The van der Waals surface area contributed by atoms with E-state index < -0.39 is 25.1 Å². The molecule has 1 aliphatic heterocycles. The fraction of sp³-hybridized carbons (Fsp3) is 0.500. The maximum Gasteiger partial charge on any atom is 0.344 e. The zero-order valence-corrected chi connectivity index (χ0v) is 15.5. The fourth-order valence-corrected chi connectivity index (χ4v) is 4.36. The van der Waals surface area contributed by atoms with E-state index in [9.17, 15) is 14.2 Å². The average Bonchev–Trinajstić information content (AvgIpc) is 2.79. The van der Waals surface area contributed by atoms with Crippen LogP contribution in [-0.4, -0.2) is 41.9 Å². The van der Waals surface area contributed by atoms with Crippen molar-refractivity contribution in [3.63, 3.8) is 0 Å². The smallest absolute Gasteiger partial charge is 0.322 e. The Bertz CT molecular complexity index is 659. The fourth-order valence-electron chi connectivity index (χ4n) is 2.52. The molecule has 1 unspecified atom stereocenters. The lowest BCUT2D eigenvalue weighted by Crippen LogP contribution is -2.45. The van der Waals surface area contributed by atoms with Crippen LogP contribution in [0.2, 0.25) is 0 Å². The van der Waals surface area contributed by atoms with Gasteiger partial charge in [-0.25, -0.2) is 4.79 Å². The number of amides is 3. The van der Waals surface area contributed by atoms with E-state index in [0.29, 0.717) is 5.69 Å². The summed E-state index contributed by atoms with van der Waals surface area (Å²) in [5.74, 6) is -0.444. The predicted molar refractivity (Wildman–Crippen MR) is 94.2 cm³/mol. The first-order chi connectivity index (χ1) is 11.8. The molecule has 0 aromatic heterocycles. The quantitative estimate of drug-likeness (QED) is 0.513. The van der Waals surface area contributed by atoms with Gasteiger partial charge in [0.2, 0.25) is 0 Å². The summed E-state index contributed by atoms with van der Waals surface area (Å²) in [6.45, 7) is 5.54. The Kier molecular flexibility index (Phi) is 6.21. The summed E-state index contributed by atoms with van der Waals surface area (Å²) in [7, 11) is -3.29. The van der Waals surface area contributed by atoms with Gasteiger partial charge in [0.25, 0.3) is 5.91 Å². The number of nitrogens with one attached hydrogen (secondary N) is 2. The third-order valence-electron chi connectivity index (χ3n) is 3.81. The molecule has 1 fully saturated rings. The highest BCUT2D eigenvalue weighted by molar-refractivity contribution is 7.53. The van der Waals surface area contributed by atoms with Gasteiger partial charge in [-0.2, -0.15) is 5.01 Å². The van der Waals surface area contributed by atoms with Crippen LogP contribution in [0.25, 0.3) is 0 Å². The number of urea groups is 1. The van der Waals surface area contributed by atoms with Gasteiger partial charge in [-0.3, -0.25) is 14.8 Å². The molecule has 25 heavy (non-hydrogen) atoms. The predicted octanol–water partition coefficient (Wildman–Crippen LogP) is 2.98. The van der Waals surface area contributed by atoms with Crippen LogP contribution >= 0.6 is 7.60 Å². The maximum absolute atomic E-state index is 12.7. The highest BCUT2D eigenvalue weighted by Crippen LogP contribution is 2.49. The Hall–Kier alpha value is -1.89. The zero-order chi connectivity index (χ0) is 18.5. The van der Waals surface area contributed by atoms with E-state index in [2.05, 4.69) is 10.7 Å². The normalized spacial score (nSPS) is 20.7. The Morgan fingerprint density at radius 2 is 1.76 bits per heavy atom. The second kappa shape index (κ2) is 7.99. The third kappa shape index (κ3) is 4.60. The lowest BCUT2D eigenvalue weighted by Gasteiger charge is -2.24. The van der Waals surface area contributed by atoms with Crippen LogP contribution in [0.4, 0.5) is 10.5 Å². The number of imide groups is 1. The first-order valence-corrected chi connectivity index (χ1v) is 9.93. The third-order valence-corrected chi connectivity index (χ3v) is 5.89. The first-order valence-electron chi connectivity index (χ1n) is 8.20. The van der Waals surface area contributed by atoms with E-state index in [-0.39, 0.29) is 25.8 Å². The number of carbonyl (C=O) groups is 2. The van der Waals surface area contributed by atoms with E-state index in [1.807, 2.05) is 6.07 Å². The van der Waals surface area contributed by atoms with E-state index >= 15 is 0 Å². The molecule has 1 aromatic rings. The minimum absolute atomic E-state index is 0.0381. The molecule has 1 saturated heterocycles. The molecule has 0 saturated carbocycles. The van der Waals surface area contributed by atoms with Crippen molar-refractivity contribution in [3.05, 3.63) is 30.3 Å². The number of carbonyl (C=O) groups excluding carboxylic acids is 2. The van der Waals surface area contributed by atoms with Crippen LogP contribution < -0.4 is 10.7 Å². The molecule has 1 aromatic carbocycles. The number of benzene rings is 1. The van der Waals surface area contributed by atoms with E-state index in [1.165, 1.54) is 0 Å². The molecule has 0 radical (unpaired) electrons. The van der Waals surface area contributed by atoms with Gasteiger partial charge in [-0.05, 0) is 39.3 Å². The number of hydrogen-bond donors (Lipinski definition) is 2. The lowest BCUT2D eigenvalue weighted by atomic mass is 10.00. The number of para-hydroxylation sites is 1. The molecule has 8 nitrogen and oxygen atoms in total. The van der Waals surface area contributed by atoms with E-state index in [4.69, 9.17) is 9.05 Å². The molecule has 138 valence electrons. The SMILES string of the molecule is CCOP(=O)(CCC1(C)NC(=O)N(Nc2ccccc2)C1=O)OCC. The number of anilines is 1. The van der Waals surface area contributed by atoms with E-state index in [1.54, 1.807) is 45.0 Å². The van der Waals surface area contributed by atoms with Crippen molar-refractivity contribution in [1.29, 1.82) is 0 Å². The summed E-state index contributed by atoms with van der Waals surface area (Å²) in [6.07, 6.45) is 0.179. The number of nitrogens with zero attached hydrogens (tertiary/aromatic N) is 1. The minimum atomic E-state index is -3.29. The summed E-state index contributed by atoms with van der Waals surface area (Å²) in [5, 5.41) is 3.58. The van der Waals surface area contributed by atoms with Gasteiger partial charge in [0.15, 0.2) is 0 Å². The highest BCUT2D eigenvalue weighted by Gasteiger charge is 2.49. The average molecular weight is 369 g/mol. The van der Waals surface area contributed by atoms with Crippen LogP contribution in [0.5, 0.6) is 0 Å². The molecule has 2 N–H and O–H groups in total. The number of hydrazine groups is 1. The van der Waals surface area contributed by atoms with Crippen LogP contribution in [0.15, 0.2) is 30.3 Å². The Morgan fingerprint density at radius 1 is 1.16 bits per heavy atom. The van der Waals surface area contributed by atoms with Gasteiger partial charge in [-0.15, -0.1) is 0 Å². The summed E-state index contributed by atoms with van der Waals surface area (Å²) in [4.78, 5) is 24.9. The molecule has 9 heteroatoms. The molecule has 1 atom stereocenters. The Balaban J connectivity index is 2.07. The van der Waals surface area contributed by atoms with Crippen molar-refractivity contribution >= 4 is 25.2 Å². The first kappa shape index (κ1) is 19.4. The maximum atomic E-state index is 12.7. The van der Waals surface area contributed by atoms with Crippen molar-refractivity contribution < 1.29 is 23.2 Å². The molecule has 2 rings (SSSR count). The van der Waals surface area contributed by atoms with Gasteiger partial charge in [0, 0.05) is 0 Å². The molecule has 0 bridgehead atoms. The Morgan fingerprint density at radius 3 is 2.32 bits per heavy atom. The second-order valence-electron chi connectivity index (χ2n) is 5.80. The second-order valence-corrected chi connectivity index (χ2v) is 7.99. The monoisotopic (exact) mass is 369 g/mol. The van der Waals surface area contributed by atoms with Crippen molar-refractivity contribution in [2.24, 2.45) is 0 Å². The van der Waals surface area contributed by atoms with Crippen molar-refractivity contribution in [1.82, 2.24) is 10.3 Å². The largest absolute Gasteiger partial charge is 0.344 e. The van der Waals surface area contributed by atoms with Gasteiger partial charge < -0.3 is 14.4 Å². The highest BCUT2D eigenvalue weighted by atomic mass is 31.2. The summed E-state index contributed by atoms with van der Waals surface area (Å²) in [5.41, 5.74) is 2.22. The minimum Gasteiger partial charge on any atom is -0.322 e. The molecular formula is C16H24N3O5P. The topological polar surface area (TPSA) is 97.0 Å².